The smallest absolute Gasteiger partial charge is 0.143 e. The first-order valence-electron chi connectivity index (χ1n) is 6.18. The van der Waals surface area contributed by atoms with Crippen molar-refractivity contribution in [1.82, 2.24) is 5.32 Å². The molecule has 2 aromatic rings. The molecule has 2 aromatic carbocycles. The fourth-order valence-corrected chi connectivity index (χ4v) is 2.48. The van der Waals surface area contributed by atoms with Crippen LogP contribution in [0.1, 0.15) is 17.2 Å². The van der Waals surface area contributed by atoms with Crippen LogP contribution in [0, 0.1) is 23.3 Å². The molecule has 0 aliphatic heterocycles. The first kappa shape index (κ1) is 16.0. The van der Waals surface area contributed by atoms with E-state index >= 15 is 0 Å². The van der Waals surface area contributed by atoms with Crippen LogP contribution in [0.4, 0.5) is 17.6 Å². The third-order valence-electron chi connectivity index (χ3n) is 3.23. The average Bonchev–Trinajstić information content (AvgIpc) is 2.46. The maximum atomic E-state index is 14.0. The van der Waals surface area contributed by atoms with Crippen LogP contribution in [0.3, 0.4) is 0 Å². The normalized spacial score (nSPS) is 12.5. The topological polar surface area (TPSA) is 12.0 Å². The molecule has 0 fully saturated rings. The first-order valence-corrected chi connectivity index (χ1v) is 6.98. The van der Waals surface area contributed by atoms with Gasteiger partial charge >= 0.3 is 0 Å². The summed E-state index contributed by atoms with van der Waals surface area (Å²) >= 11 is 2.98. The molecule has 0 aliphatic rings. The van der Waals surface area contributed by atoms with E-state index < -0.39 is 29.3 Å². The molecule has 0 heterocycles. The number of hydrogen-bond donors (Lipinski definition) is 1. The lowest BCUT2D eigenvalue weighted by molar-refractivity contribution is 0.490. The Morgan fingerprint density at radius 2 is 1.71 bits per heavy atom. The Balaban J connectivity index is 2.40. The molecule has 0 radical (unpaired) electrons. The fourth-order valence-electron chi connectivity index (χ4n) is 2.11. The second-order valence-electron chi connectivity index (χ2n) is 4.53. The van der Waals surface area contributed by atoms with Crippen LogP contribution < -0.4 is 5.32 Å². The Hall–Kier alpha value is -1.40. The Bertz CT molecular complexity index is 660. The third-order valence-corrected chi connectivity index (χ3v) is 3.84. The Morgan fingerprint density at radius 1 is 1.05 bits per heavy atom. The van der Waals surface area contributed by atoms with Crippen molar-refractivity contribution in [3.05, 3.63) is 69.2 Å². The second kappa shape index (κ2) is 6.58. The average molecular weight is 362 g/mol. The van der Waals surface area contributed by atoms with Gasteiger partial charge in [-0.2, -0.15) is 0 Å². The minimum atomic E-state index is -0.751. The molecule has 0 aromatic heterocycles. The highest BCUT2D eigenvalue weighted by molar-refractivity contribution is 9.10. The van der Waals surface area contributed by atoms with E-state index in [1.165, 1.54) is 13.1 Å². The summed E-state index contributed by atoms with van der Waals surface area (Å²) in [6.45, 7) is 0. The van der Waals surface area contributed by atoms with Gasteiger partial charge in [0.25, 0.3) is 0 Å². The highest BCUT2D eigenvalue weighted by Crippen LogP contribution is 2.27. The van der Waals surface area contributed by atoms with Gasteiger partial charge in [0.1, 0.15) is 23.3 Å². The summed E-state index contributed by atoms with van der Waals surface area (Å²) in [6, 6.07) is 4.63. The van der Waals surface area contributed by atoms with Gasteiger partial charge in [-0.1, -0.05) is 0 Å². The molecule has 0 saturated carbocycles. The van der Waals surface area contributed by atoms with Gasteiger partial charge in [0, 0.05) is 17.2 Å². The lowest BCUT2D eigenvalue weighted by atomic mass is 9.97. The molecule has 1 nitrogen and oxygen atoms in total. The molecule has 0 bridgehead atoms. The minimum absolute atomic E-state index is 0.0243. The molecule has 0 spiro atoms. The van der Waals surface area contributed by atoms with E-state index in [9.17, 15) is 17.6 Å². The van der Waals surface area contributed by atoms with Gasteiger partial charge in [0.15, 0.2) is 0 Å². The van der Waals surface area contributed by atoms with Gasteiger partial charge in [-0.25, -0.2) is 17.6 Å². The quantitative estimate of drug-likeness (QED) is 0.624. The maximum Gasteiger partial charge on any atom is 0.143 e. The molecule has 6 heteroatoms. The van der Waals surface area contributed by atoms with E-state index in [1.807, 2.05) is 0 Å². The van der Waals surface area contributed by atoms with E-state index in [0.717, 1.165) is 24.3 Å². The molecule has 21 heavy (non-hydrogen) atoms. The maximum absolute atomic E-state index is 14.0. The molecule has 112 valence electrons. The van der Waals surface area contributed by atoms with Gasteiger partial charge < -0.3 is 5.32 Å². The van der Waals surface area contributed by atoms with Crippen molar-refractivity contribution in [3.8, 4) is 0 Å². The van der Waals surface area contributed by atoms with Crippen molar-refractivity contribution >= 4 is 15.9 Å². The van der Waals surface area contributed by atoms with Gasteiger partial charge in [-0.15, -0.1) is 0 Å². The molecule has 1 atom stereocenters. The van der Waals surface area contributed by atoms with Crippen LogP contribution in [-0.2, 0) is 6.42 Å². The van der Waals surface area contributed by atoms with Crippen LogP contribution in [-0.4, -0.2) is 7.05 Å². The lowest BCUT2D eigenvalue weighted by Crippen LogP contribution is -2.21. The summed E-state index contributed by atoms with van der Waals surface area (Å²) in [6.07, 6.45) is -0.145. The van der Waals surface area contributed by atoms with Crippen LogP contribution in [0.5, 0.6) is 0 Å². The predicted molar refractivity (Wildman–Crippen MR) is 75.9 cm³/mol. The number of benzene rings is 2. The Kier molecular flexibility index (Phi) is 5.00. The standard InChI is InChI=1S/C15H12BrF4N/c1-21-14(9-6-8(17)2-4-12(9)18)7-10-13(19)5-3-11(16)15(10)20/h2-6,14,21H,7H2,1H3. The number of hydrogen-bond acceptors (Lipinski definition) is 1. The van der Waals surface area contributed by atoms with Crippen molar-refractivity contribution in [2.24, 2.45) is 0 Å². The summed E-state index contributed by atoms with van der Waals surface area (Å²) in [5.74, 6) is -2.71. The Labute approximate surface area is 128 Å². The molecule has 0 amide bonds. The number of rotatable bonds is 4. The minimum Gasteiger partial charge on any atom is -0.313 e. The molecular formula is C15H12BrF4N. The monoisotopic (exact) mass is 361 g/mol. The Morgan fingerprint density at radius 3 is 2.38 bits per heavy atom. The highest BCUT2D eigenvalue weighted by Gasteiger charge is 2.20. The van der Waals surface area contributed by atoms with Crippen LogP contribution in [0.15, 0.2) is 34.8 Å². The van der Waals surface area contributed by atoms with E-state index in [1.54, 1.807) is 0 Å². The van der Waals surface area contributed by atoms with E-state index in [2.05, 4.69) is 21.2 Å². The number of halogens is 5. The van der Waals surface area contributed by atoms with Gasteiger partial charge in [0.2, 0.25) is 0 Å². The summed E-state index contributed by atoms with van der Waals surface area (Å²) < 4.78 is 54.9. The van der Waals surface area contributed by atoms with Crippen molar-refractivity contribution in [2.45, 2.75) is 12.5 Å². The number of likely N-dealkylation sites (N-methyl/N-ethyl adjacent to an activating group) is 1. The predicted octanol–water partition coefficient (Wildman–Crippen LogP) is 4.51. The summed E-state index contributed by atoms with van der Waals surface area (Å²) in [5.41, 5.74) is -0.163. The van der Waals surface area contributed by atoms with Crippen LogP contribution in [0.25, 0.3) is 0 Å². The van der Waals surface area contributed by atoms with Crippen LogP contribution in [0.2, 0.25) is 0 Å². The zero-order valence-electron chi connectivity index (χ0n) is 11.1. The second-order valence-corrected chi connectivity index (χ2v) is 5.39. The molecule has 1 N–H and O–H groups in total. The van der Waals surface area contributed by atoms with Crippen molar-refractivity contribution in [3.63, 3.8) is 0 Å². The van der Waals surface area contributed by atoms with Gasteiger partial charge in [0.05, 0.1) is 4.47 Å². The summed E-state index contributed by atoms with van der Waals surface area (Å²) in [5, 5.41) is 2.75. The van der Waals surface area contributed by atoms with Gasteiger partial charge in [-0.05, 0) is 59.7 Å². The SMILES string of the molecule is CNC(Cc1c(F)ccc(Br)c1F)c1cc(F)ccc1F. The van der Waals surface area contributed by atoms with E-state index in [4.69, 9.17) is 0 Å². The number of nitrogens with one attached hydrogen (secondary N) is 1. The third kappa shape index (κ3) is 3.44. The van der Waals surface area contributed by atoms with E-state index in [-0.39, 0.29) is 22.0 Å². The molecular weight excluding hydrogens is 350 g/mol. The molecule has 0 aliphatic carbocycles. The van der Waals surface area contributed by atoms with Crippen molar-refractivity contribution in [1.29, 1.82) is 0 Å². The molecule has 1 unspecified atom stereocenters. The summed E-state index contributed by atoms with van der Waals surface area (Å²) in [4.78, 5) is 0. The summed E-state index contributed by atoms with van der Waals surface area (Å²) in [7, 11) is 1.52. The fraction of sp³-hybridized carbons (Fsp3) is 0.200. The van der Waals surface area contributed by atoms with E-state index in [0.29, 0.717) is 0 Å². The zero-order valence-corrected chi connectivity index (χ0v) is 12.6. The van der Waals surface area contributed by atoms with Crippen molar-refractivity contribution < 1.29 is 17.6 Å². The highest BCUT2D eigenvalue weighted by atomic mass is 79.9. The van der Waals surface area contributed by atoms with Crippen LogP contribution >= 0.6 is 15.9 Å². The first-order chi connectivity index (χ1) is 9.93. The van der Waals surface area contributed by atoms with Gasteiger partial charge in [-0.3, -0.25) is 0 Å². The lowest BCUT2D eigenvalue weighted by Gasteiger charge is -2.18. The largest absolute Gasteiger partial charge is 0.313 e. The van der Waals surface area contributed by atoms with Crippen molar-refractivity contribution in [2.75, 3.05) is 7.05 Å². The zero-order chi connectivity index (χ0) is 15.6. The molecule has 2 rings (SSSR count). The molecule has 0 saturated heterocycles.